The number of hydrogen-bond acceptors (Lipinski definition) is 2. The van der Waals surface area contributed by atoms with E-state index in [1.165, 1.54) is 19.3 Å². The first-order valence-corrected chi connectivity index (χ1v) is 8.54. The molecule has 21 heavy (non-hydrogen) atoms. The molecule has 1 aliphatic heterocycles. The molecule has 1 saturated heterocycles. The van der Waals surface area contributed by atoms with E-state index in [9.17, 15) is 0 Å². The van der Waals surface area contributed by atoms with Crippen molar-refractivity contribution in [1.82, 2.24) is 10.2 Å². The van der Waals surface area contributed by atoms with E-state index in [0.717, 1.165) is 25.2 Å². The molecule has 2 rings (SSSR count). The Morgan fingerprint density at radius 2 is 2.00 bits per heavy atom. The lowest BCUT2D eigenvalue weighted by atomic mass is 9.99. The molecule has 1 aromatic carbocycles. The van der Waals surface area contributed by atoms with Crippen molar-refractivity contribution in [2.24, 2.45) is 0 Å². The Hall–Kier alpha value is -0.280. The zero-order valence-corrected chi connectivity index (χ0v) is 14.8. The quantitative estimate of drug-likeness (QED) is 0.859. The van der Waals surface area contributed by atoms with E-state index in [1.54, 1.807) is 0 Å². The first-order valence-electron chi connectivity index (χ1n) is 7.79. The Labute approximate surface area is 138 Å². The summed E-state index contributed by atoms with van der Waals surface area (Å²) >= 11 is 12.5. The standard InChI is InChI=1S/C17H26Cl2N2/c1-17(2,3)20-11-14-8-4-5-10-21(14)12-13-7-6-9-15(18)16(13)19/h6-7,9,14,20H,4-5,8,10-12H2,1-3H3. The molecule has 0 aliphatic carbocycles. The minimum absolute atomic E-state index is 0.164. The highest BCUT2D eigenvalue weighted by molar-refractivity contribution is 6.42. The summed E-state index contributed by atoms with van der Waals surface area (Å²) in [5.41, 5.74) is 1.29. The maximum Gasteiger partial charge on any atom is 0.0637 e. The number of piperidine rings is 1. The molecule has 1 unspecified atom stereocenters. The van der Waals surface area contributed by atoms with Crippen LogP contribution in [0.3, 0.4) is 0 Å². The van der Waals surface area contributed by atoms with Crippen LogP contribution in [0.1, 0.15) is 45.6 Å². The molecule has 0 spiro atoms. The molecule has 2 nitrogen and oxygen atoms in total. The minimum Gasteiger partial charge on any atom is -0.311 e. The van der Waals surface area contributed by atoms with Gasteiger partial charge in [-0.05, 0) is 51.8 Å². The number of benzene rings is 1. The largest absolute Gasteiger partial charge is 0.311 e. The van der Waals surface area contributed by atoms with Crippen LogP contribution in [0, 0.1) is 0 Å². The highest BCUT2D eigenvalue weighted by Crippen LogP contribution is 2.28. The molecule has 1 N–H and O–H groups in total. The van der Waals surface area contributed by atoms with Gasteiger partial charge in [0.25, 0.3) is 0 Å². The number of likely N-dealkylation sites (tertiary alicyclic amines) is 1. The molecule has 0 radical (unpaired) electrons. The molecule has 118 valence electrons. The third kappa shape index (κ3) is 5.14. The van der Waals surface area contributed by atoms with Gasteiger partial charge in [-0.2, -0.15) is 0 Å². The second kappa shape index (κ2) is 7.32. The van der Waals surface area contributed by atoms with Crippen LogP contribution in [0.2, 0.25) is 10.0 Å². The predicted octanol–water partition coefficient (Wildman–Crippen LogP) is 4.74. The van der Waals surface area contributed by atoms with Gasteiger partial charge in [-0.3, -0.25) is 4.90 Å². The molecular weight excluding hydrogens is 303 g/mol. The lowest BCUT2D eigenvalue weighted by Gasteiger charge is -2.37. The van der Waals surface area contributed by atoms with Crippen molar-refractivity contribution in [1.29, 1.82) is 0 Å². The van der Waals surface area contributed by atoms with Gasteiger partial charge in [-0.15, -0.1) is 0 Å². The van der Waals surface area contributed by atoms with Gasteiger partial charge in [0.15, 0.2) is 0 Å². The normalized spacial score (nSPS) is 20.7. The summed E-state index contributed by atoms with van der Waals surface area (Å²) in [4.78, 5) is 2.54. The maximum absolute atomic E-state index is 6.34. The molecule has 0 amide bonds. The highest BCUT2D eigenvalue weighted by Gasteiger charge is 2.24. The summed E-state index contributed by atoms with van der Waals surface area (Å²) < 4.78 is 0. The van der Waals surface area contributed by atoms with Gasteiger partial charge >= 0.3 is 0 Å². The summed E-state index contributed by atoms with van der Waals surface area (Å²) in [5.74, 6) is 0. The number of nitrogens with zero attached hydrogens (tertiary/aromatic N) is 1. The Morgan fingerprint density at radius 1 is 1.24 bits per heavy atom. The van der Waals surface area contributed by atoms with E-state index < -0.39 is 0 Å². The number of halogens is 2. The average molecular weight is 329 g/mol. The Bertz CT molecular complexity index is 468. The second-order valence-electron chi connectivity index (χ2n) is 6.96. The van der Waals surface area contributed by atoms with E-state index in [0.29, 0.717) is 16.1 Å². The number of nitrogens with one attached hydrogen (secondary N) is 1. The van der Waals surface area contributed by atoms with Crippen molar-refractivity contribution < 1.29 is 0 Å². The van der Waals surface area contributed by atoms with Gasteiger partial charge in [0.1, 0.15) is 0 Å². The summed E-state index contributed by atoms with van der Waals surface area (Å²) in [5, 5.41) is 4.98. The summed E-state index contributed by atoms with van der Waals surface area (Å²) in [6.07, 6.45) is 3.84. The molecule has 1 fully saturated rings. The van der Waals surface area contributed by atoms with Crippen LogP contribution in [0.15, 0.2) is 18.2 Å². The Kier molecular flexibility index (Phi) is 5.96. The maximum atomic E-state index is 6.34. The first-order chi connectivity index (χ1) is 9.87. The molecule has 1 aliphatic rings. The van der Waals surface area contributed by atoms with Crippen molar-refractivity contribution in [3.63, 3.8) is 0 Å². The molecule has 4 heteroatoms. The zero-order chi connectivity index (χ0) is 15.5. The van der Waals surface area contributed by atoms with Gasteiger partial charge < -0.3 is 5.32 Å². The van der Waals surface area contributed by atoms with Crippen LogP contribution in [0.4, 0.5) is 0 Å². The first kappa shape index (κ1) is 17.1. The minimum atomic E-state index is 0.164. The van der Waals surface area contributed by atoms with Crippen LogP contribution < -0.4 is 5.32 Å². The topological polar surface area (TPSA) is 15.3 Å². The number of rotatable bonds is 4. The molecular formula is C17H26Cl2N2. The molecule has 0 saturated carbocycles. The second-order valence-corrected chi connectivity index (χ2v) is 7.75. The smallest absolute Gasteiger partial charge is 0.0637 e. The molecule has 1 aromatic rings. The van der Waals surface area contributed by atoms with Gasteiger partial charge in [0, 0.05) is 24.7 Å². The van der Waals surface area contributed by atoms with Crippen molar-refractivity contribution in [2.75, 3.05) is 13.1 Å². The van der Waals surface area contributed by atoms with E-state index in [-0.39, 0.29) is 5.54 Å². The molecule has 1 atom stereocenters. The fraction of sp³-hybridized carbons (Fsp3) is 0.647. The molecule has 0 bridgehead atoms. The van der Waals surface area contributed by atoms with Crippen molar-refractivity contribution in [3.05, 3.63) is 33.8 Å². The van der Waals surface area contributed by atoms with Crippen molar-refractivity contribution in [3.8, 4) is 0 Å². The summed E-state index contributed by atoms with van der Waals surface area (Å²) in [7, 11) is 0. The van der Waals surface area contributed by atoms with E-state index in [1.807, 2.05) is 12.1 Å². The van der Waals surface area contributed by atoms with Crippen LogP contribution in [0.5, 0.6) is 0 Å². The van der Waals surface area contributed by atoms with Crippen LogP contribution in [-0.2, 0) is 6.54 Å². The fourth-order valence-corrected chi connectivity index (χ4v) is 3.19. The van der Waals surface area contributed by atoms with E-state index >= 15 is 0 Å². The van der Waals surface area contributed by atoms with Crippen molar-refractivity contribution >= 4 is 23.2 Å². The Morgan fingerprint density at radius 3 is 2.71 bits per heavy atom. The zero-order valence-electron chi connectivity index (χ0n) is 13.3. The monoisotopic (exact) mass is 328 g/mol. The highest BCUT2D eigenvalue weighted by atomic mass is 35.5. The van der Waals surface area contributed by atoms with E-state index in [4.69, 9.17) is 23.2 Å². The SMILES string of the molecule is CC(C)(C)NCC1CCCCN1Cc1cccc(Cl)c1Cl. The number of hydrogen-bond donors (Lipinski definition) is 1. The van der Waals surface area contributed by atoms with Gasteiger partial charge in [0.05, 0.1) is 10.0 Å². The molecule has 0 aromatic heterocycles. The van der Waals surface area contributed by atoms with Crippen LogP contribution >= 0.6 is 23.2 Å². The van der Waals surface area contributed by atoms with Crippen LogP contribution in [-0.4, -0.2) is 29.6 Å². The average Bonchev–Trinajstić information content (AvgIpc) is 2.42. The summed E-state index contributed by atoms with van der Waals surface area (Å²) in [6.45, 7) is 9.70. The lowest BCUT2D eigenvalue weighted by molar-refractivity contribution is 0.131. The van der Waals surface area contributed by atoms with Gasteiger partial charge in [-0.1, -0.05) is 41.8 Å². The third-order valence-electron chi connectivity index (χ3n) is 4.02. The summed E-state index contributed by atoms with van der Waals surface area (Å²) in [6, 6.07) is 6.49. The van der Waals surface area contributed by atoms with Gasteiger partial charge in [0.2, 0.25) is 0 Å². The molecule has 1 heterocycles. The fourth-order valence-electron chi connectivity index (χ4n) is 2.81. The van der Waals surface area contributed by atoms with E-state index in [2.05, 4.69) is 37.1 Å². The van der Waals surface area contributed by atoms with Crippen molar-refractivity contribution in [2.45, 2.75) is 58.2 Å². The van der Waals surface area contributed by atoms with Gasteiger partial charge in [-0.25, -0.2) is 0 Å². The lowest BCUT2D eigenvalue weighted by Crippen LogP contribution is -2.49. The third-order valence-corrected chi connectivity index (χ3v) is 4.88. The van der Waals surface area contributed by atoms with Crippen LogP contribution in [0.25, 0.3) is 0 Å². The predicted molar refractivity (Wildman–Crippen MR) is 92.3 cm³/mol. The Balaban J connectivity index is 2.03.